The quantitative estimate of drug-likeness (QED) is 0.546. The first-order chi connectivity index (χ1) is 9.58. The van der Waals surface area contributed by atoms with Crippen LogP contribution in [-0.2, 0) is 11.3 Å². The van der Waals surface area contributed by atoms with Gasteiger partial charge < -0.3 is 10.1 Å². The molecule has 0 bridgehead atoms. The zero-order valence-corrected chi connectivity index (χ0v) is 12.5. The molecule has 0 aromatic heterocycles. The van der Waals surface area contributed by atoms with Gasteiger partial charge in [-0.25, -0.2) is 0 Å². The fourth-order valence-electron chi connectivity index (χ4n) is 1.97. The summed E-state index contributed by atoms with van der Waals surface area (Å²) in [5, 5.41) is 14.1. The van der Waals surface area contributed by atoms with Gasteiger partial charge in [0.1, 0.15) is 0 Å². The van der Waals surface area contributed by atoms with Crippen molar-refractivity contribution in [3.63, 3.8) is 0 Å². The van der Waals surface area contributed by atoms with Gasteiger partial charge in [0.15, 0.2) is 0 Å². The second kappa shape index (κ2) is 8.53. The molecule has 0 aliphatic heterocycles. The normalized spacial score (nSPS) is 12.2. The van der Waals surface area contributed by atoms with E-state index in [2.05, 4.69) is 19.2 Å². The van der Waals surface area contributed by atoms with Crippen LogP contribution in [-0.4, -0.2) is 17.6 Å². The molecule has 5 heteroatoms. The van der Waals surface area contributed by atoms with E-state index < -0.39 is 0 Å². The lowest BCUT2D eigenvalue weighted by atomic mass is 10.1. The van der Waals surface area contributed by atoms with Crippen LogP contribution in [0.5, 0.6) is 0 Å². The molecule has 20 heavy (non-hydrogen) atoms. The summed E-state index contributed by atoms with van der Waals surface area (Å²) in [5.41, 5.74) is 1.87. The molecule has 0 spiro atoms. The standard InChI is InChI=1S/C15H24N2O3/c1-4-6-12(3)20-11-13-10-14(17(18)19)7-8-15(13)16-9-5-2/h7-8,10,12,16H,4-6,9,11H2,1-3H3. The maximum Gasteiger partial charge on any atom is 0.269 e. The minimum atomic E-state index is -0.372. The third-order valence-electron chi connectivity index (χ3n) is 3.08. The zero-order chi connectivity index (χ0) is 15.0. The van der Waals surface area contributed by atoms with Gasteiger partial charge in [0, 0.05) is 29.9 Å². The molecule has 0 saturated heterocycles. The summed E-state index contributed by atoms with van der Waals surface area (Å²) in [7, 11) is 0. The van der Waals surface area contributed by atoms with Gasteiger partial charge in [0.05, 0.1) is 17.6 Å². The van der Waals surface area contributed by atoms with Crippen molar-refractivity contribution in [2.45, 2.75) is 52.7 Å². The third kappa shape index (κ3) is 5.17. The summed E-state index contributed by atoms with van der Waals surface area (Å²) in [6, 6.07) is 4.88. The van der Waals surface area contributed by atoms with Crippen LogP contribution in [0.4, 0.5) is 11.4 Å². The molecule has 1 aromatic rings. The van der Waals surface area contributed by atoms with Crippen molar-refractivity contribution in [1.82, 2.24) is 0 Å². The molecular weight excluding hydrogens is 256 g/mol. The molecule has 0 aliphatic rings. The molecule has 112 valence electrons. The Labute approximate surface area is 120 Å². The highest BCUT2D eigenvalue weighted by atomic mass is 16.6. The summed E-state index contributed by atoms with van der Waals surface area (Å²) >= 11 is 0. The first kappa shape index (κ1) is 16.4. The van der Waals surface area contributed by atoms with Crippen LogP contribution >= 0.6 is 0 Å². The largest absolute Gasteiger partial charge is 0.385 e. The number of nitrogens with zero attached hydrogens (tertiary/aromatic N) is 1. The highest BCUT2D eigenvalue weighted by Gasteiger charge is 2.12. The molecule has 0 radical (unpaired) electrons. The maximum atomic E-state index is 10.9. The Bertz CT molecular complexity index is 435. The number of hydrogen-bond donors (Lipinski definition) is 1. The number of hydrogen-bond acceptors (Lipinski definition) is 4. The number of nitro benzene ring substituents is 1. The van der Waals surface area contributed by atoms with Crippen LogP contribution in [0.3, 0.4) is 0 Å². The third-order valence-corrected chi connectivity index (χ3v) is 3.08. The number of benzene rings is 1. The van der Waals surface area contributed by atoms with Crippen molar-refractivity contribution in [2.75, 3.05) is 11.9 Å². The van der Waals surface area contributed by atoms with Gasteiger partial charge in [-0.2, -0.15) is 0 Å². The molecule has 1 atom stereocenters. The first-order valence-electron chi connectivity index (χ1n) is 7.21. The van der Waals surface area contributed by atoms with Crippen molar-refractivity contribution in [3.8, 4) is 0 Å². The Morgan fingerprint density at radius 2 is 2.10 bits per heavy atom. The number of rotatable bonds is 9. The van der Waals surface area contributed by atoms with Gasteiger partial charge in [0.2, 0.25) is 0 Å². The lowest BCUT2D eigenvalue weighted by Crippen LogP contribution is -2.10. The van der Waals surface area contributed by atoms with Crippen LogP contribution in [0.15, 0.2) is 18.2 Å². The summed E-state index contributed by atoms with van der Waals surface area (Å²) in [5.74, 6) is 0. The molecule has 0 heterocycles. The van der Waals surface area contributed by atoms with Gasteiger partial charge in [0.25, 0.3) is 5.69 Å². The number of nitro groups is 1. The highest BCUT2D eigenvalue weighted by Crippen LogP contribution is 2.23. The predicted molar refractivity (Wildman–Crippen MR) is 81.0 cm³/mol. The van der Waals surface area contributed by atoms with Gasteiger partial charge in [-0.3, -0.25) is 10.1 Å². The van der Waals surface area contributed by atoms with Gasteiger partial charge >= 0.3 is 0 Å². The van der Waals surface area contributed by atoms with E-state index in [1.54, 1.807) is 12.1 Å². The van der Waals surface area contributed by atoms with E-state index in [0.717, 1.165) is 37.1 Å². The smallest absolute Gasteiger partial charge is 0.269 e. The second-order valence-corrected chi connectivity index (χ2v) is 4.94. The minimum Gasteiger partial charge on any atom is -0.385 e. The molecular formula is C15H24N2O3. The topological polar surface area (TPSA) is 64.4 Å². The Kier molecular flexibility index (Phi) is 7.01. The number of ether oxygens (including phenoxy) is 1. The van der Waals surface area contributed by atoms with E-state index in [1.165, 1.54) is 6.07 Å². The van der Waals surface area contributed by atoms with Crippen molar-refractivity contribution in [2.24, 2.45) is 0 Å². The minimum absolute atomic E-state index is 0.105. The summed E-state index contributed by atoms with van der Waals surface area (Å²) in [6.45, 7) is 7.46. The van der Waals surface area contributed by atoms with Crippen LogP contribution in [0.25, 0.3) is 0 Å². The SMILES string of the molecule is CCCNc1ccc([N+](=O)[O-])cc1COC(C)CCC. The highest BCUT2D eigenvalue weighted by molar-refractivity contribution is 5.55. The average Bonchev–Trinajstić information content (AvgIpc) is 2.43. The molecule has 1 N–H and O–H groups in total. The molecule has 1 rings (SSSR count). The van der Waals surface area contributed by atoms with Crippen LogP contribution in [0.2, 0.25) is 0 Å². The van der Waals surface area contributed by atoms with Gasteiger partial charge in [-0.1, -0.05) is 20.3 Å². The van der Waals surface area contributed by atoms with Gasteiger partial charge in [-0.05, 0) is 25.8 Å². The van der Waals surface area contributed by atoms with Crippen LogP contribution in [0, 0.1) is 10.1 Å². The Balaban J connectivity index is 2.81. The average molecular weight is 280 g/mol. The summed E-state index contributed by atoms with van der Waals surface area (Å²) in [4.78, 5) is 10.5. The molecule has 5 nitrogen and oxygen atoms in total. The summed E-state index contributed by atoms with van der Waals surface area (Å²) < 4.78 is 5.76. The number of non-ortho nitro benzene ring substituents is 1. The van der Waals surface area contributed by atoms with E-state index in [4.69, 9.17) is 4.74 Å². The van der Waals surface area contributed by atoms with Crippen molar-refractivity contribution in [3.05, 3.63) is 33.9 Å². The Hall–Kier alpha value is -1.62. The zero-order valence-electron chi connectivity index (χ0n) is 12.5. The van der Waals surface area contributed by atoms with E-state index >= 15 is 0 Å². The molecule has 0 saturated carbocycles. The lowest BCUT2D eigenvalue weighted by Gasteiger charge is -2.15. The second-order valence-electron chi connectivity index (χ2n) is 4.94. The van der Waals surface area contributed by atoms with Crippen molar-refractivity contribution < 1.29 is 9.66 Å². The van der Waals surface area contributed by atoms with Crippen molar-refractivity contribution in [1.29, 1.82) is 0 Å². The first-order valence-corrected chi connectivity index (χ1v) is 7.21. The van der Waals surface area contributed by atoms with Crippen LogP contribution < -0.4 is 5.32 Å². The Morgan fingerprint density at radius 3 is 2.70 bits per heavy atom. The fourth-order valence-corrected chi connectivity index (χ4v) is 1.97. The molecule has 0 fully saturated rings. The molecule has 1 unspecified atom stereocenters. The van der Waals surface area contributed by atoms with E-state index in [1.807, 2.05) is 6.92 Å². The molecule has 0 amide bonds. The van der Waals surface area contributed by atoms with Crippen LogP contribution in [0.1, 0.15) is 45.6 Å². The molecule has 1 aromatic carbocycles. The number of nitrogens with one attached hydrogen (secondary N) is 1. The number of anilines is 1. The van der Waals surface area contributed by atoms with Crippen molar-refractivity contribution >= 4 is 11.4 Å². The monoisotopic (exact) mass is 280 g/mol. The Morgan fingerprint density at radius 1 is 1.35 bits per heavy atom. The van der Waals surface area contributed by atoms with E-state index in [0.29, 0.717) is 6.61 Å². The predicted octanol–water partition coefficient (Wildman–Crippen LogP) is 4.12. The molecule has 0 aliphatic carbocycles. The van der Waals surface area contributed by atoms with E-state index in [-0.39, 0.29) is 16.7 Å². The maximum absolute atomic E-state index is 10.9. The fraction of sp³-hybridized carbons (Fsp3) is 0.600. The van der Waals surface area contributed by atoms with Gasteiger partial charge in [-0.15, -0.1) is 0 Å². The van der Waals surface area contributed by atoms with E-state index in [9.17, 15) is 10.1 Å². The lowest BCUT2D eigenvalue weighted by molar-refractivity contribution is -0.384. The summed E-state index contributed by atoms with van der Waals surface area (Å²) in [6.07, 6.45) is 3.23.